The third kappa shape index (κ3) is 3.89. The molecule has 0 unspecified atom stereocenters. The number of amides is 2. The molecule has 1 fully saturated rings. The highest BCUT2D eigenvalue weighted by Gasteiger charge is 2.26. The maximum atomic E-state index is 12.4. The smallest absolute Gasteiger partial charge is 0.269 e. The molecule has 0 aliphatic carbocycles. The van der Waals surface area contributed by atoms with Gasteiger partial charge < -0.3 is 4.90 Å². The van der Waals surface area contributed by atoms with Gasteiger partial charge in [0.1, 0.15) is 12.1 Å². The molecular weight excluding hydrogens is 382 g/mol. The van der Waals surface area contributed by atoms with Gasteiger partial charge in [-0.05, 0) is 49.2 Å². The van der Waals surface area contributed by atoms with E-state index in [1.54, 1.807) is 35.1 Å². The van der Waals surface area contributed by atoms with Gasteiger partial charge in [-0.1, -0.05) is 11.6 Å². The fourth-order valence-corrected chi connectivity index (χ4v) is 3.28. The minimum absolute atomic E-state index is 0.166. The lowest BCUT2D eigenvalue weighted by atomic mass is 9.96. The van der Waals surface area contributed by atoms with Crippen LogP contribution in [0.4, 0.5) is 5.82 Å². The molecular formula is C18H18ClN7O2. The molecule has 10 heteroatoms. The summed E-state index contributed by atoms with van der Waals surface area (Å²) >= 11 is 5.81. The molecule has 1 aliphatic heterocycles. The number of hydrogen-bond donors (Lipinski definition) is 2. The molecule has 144 valence electrons. The van der Waals surface area contributed by atoms with Crippen molar-refractivity contribution in [3.63, 3.8) is 0 Å². The molecule has 1 aromatic carbocycles. The molecule has 0 saturated carbocycles. The maximum absolute atomic E-state index is 12.4. The molecule has 0 bridgehead atoms. The summed E-state index contributed by atoms with van der Waals surface area (Å²) in [5, 5.41) is 12.8. The average molecular weight is 400 g/mol. The van der Waals surface area contributed by atoms with Crippen LogP contribution in [0.5, 0.6) is 0 Å². The van der Waals surface area contributed by atoms with E-state index < -0.39 is 0 Å². The van der Waals surface area contributed by atoms with E-state index in [4.69, 9.17) is 11.6 Å². The summed E-state index contributed by atoms with van der Waals surface area (Å²) in [5.41, 5.74) is 6.08. The minimum Gasteiger partial charge on any atom is -0.355 e. The van der Waals surface area contributed by atoms with Crippen molar-refractivity contribution in [2.75, 3.05) is 18.0 Å². The molecule has 28 heavy (non-hydrogen) atoms. The number of nitrogens with one attached hydrogen (secondary N) is 2. The van der Waals surface area contributed by atoms with Gasteiger partial charge in [0.2, 0.25) is 5.91 Å². The Balaban J connectivity index is 1.28. The molecule has 2 N–H and O–H groups in total. The molecule has 9 nitrogen and oxygen atoms in total. The summed E-state index contributed by atoms with van der Waals surface area (Å²) in [7, 11) is 0. The van der Waals surface area contributed by atoms with Crippen LogP contribution < -0.4 is 15.8 Å². The Kier molecular flexibility index (Phi) is 5.07. The Bertz CT molecular complexity index is 997. The quantitative estimate of drug-likeness (QED) is 0.646. The standard InChI is InChI=1S/C18H18ClN7O2/c19-14-3-1-12(2-4-14)17(27)22-23-18(28)13-7-9-25(10-8-13)16-6-5-15-21-20-11-26(15)24-16/h1-6,11,13H,7-10H2,(H,22,27)(H,23,28). The van der Waals surface area contributed by atoms with Gasteiger partial charge in [0, 0.05) is 29.6 Å². The summed E-state index contributed by atoms with van der Waals surface area (Å²) < 4.78 is 1.63. The zero-order valence-electron chi connectivity index (χ0n) is 14.9. The van der Waals surface area contributed by atoms with E-state index in [-0.39, 0.29) is 17.7 Å². The van der Waals surface area contributed by atoms with Crippen molar-refractivity contribution < 1.29 is 9.59 Å². The van der Waals surface area contributed by atoms with Gasteiger partial charge in [-0.15, -0.1) is 15.3 Å². The van der Waals surface area contributed by atoms with Crippen LogP contribution in [0.1, 0.15) is 23.2 Å². The van der Waals surface area contributed by atoms with Crippen LogP contribution in [0.25, 0.3) is 5.65 Å². The van der Waals surface area contributed by atoms with Gasteiger partial charge in [-0.3, -0.25) is 20.4 Å². The lowest BCUT2D eigenvalue weighted by Crippen LogP contribution is -2.47. The van der Waals surface area contributed by atoms with Crippen molar-refractivity contribution in [2.24, 2.45) is 5.92 Å². The monoisotopic (exact) mass is 399 g/mol. The Morgan fingerprint density at radius 1 is 1.04 bits per heavy atom. The first-order valence-electron chi connectivity index (χ1n) is 8.88. The van der Waals surface area contributed by atoms with E-state index in [9.17, 15) is 9.59 Å². The van der Waals surface area contributed by atoms with Crippen LogP contribution in [-0.2, 0) is 4.79 Å². The zero-order chi connectivity index (χ0) is 19.5. The van der Waals surface area contributed by atoms with Crippen LogP contribution in [0.15, 0.2) is 42.7 Å². The number of aromatic nitrogens is 4. The van der Waals surface area contributed by atoms with Crippen molar-refractivity contribution >= 4 is 34.9 Å². The Hall–Kier alpha value is -3.20. The second-order valence-corrected chi connectivity index (χ2v) is 6.97. The third-order valence-electron chi connectivity index (χ3n) is 4.74. The summed E-state index contributed by atoms with van der Waals surface area (Å²) in [4.78, 5) is 26.6. The number of carbonyl (C=O) groups is 2. The van der Waals surface area contributed by atoms with E-state index in [1.807, 2.05) is 12.1 Å². The minimum atomic E-state index is -0.381. The summed E-state index contributed by atoms with van der Waals surface area (Å²) in [6.07, 6.45) is 2.90. The highest BCUT2D eigenvalue weighted by Crippen LogP contribution is 2.22. The van der Waals surface area contributed by atoms with Crippen LogP contribution in [0, 0.1) is 5.92 Å². The first-order valence-corrected chi connectivity index (χ1v) is 9.26. The van der Waals surface area contributed by atoms with Crippen molar-refractivity contribution in [1.82, 2.24) is 30.7 Å². The first-order chi connectivity index (χ1) is 13.6. The fraction of sp³-hybridized carbons (Fsp3) is 0.278. The van der Waals surface area contributed by atoms with Gasteiger partial charge in [-0.2, -0.15) is 4.52 Å². The molecule has 3 aromatic rings. The van der Waals surface area contributed by atoms with Crippen molar-refractivity contribution in [3.8, 4) is 0 Å². The molecule has 0 radical (unpaired) electrons. The number of carbonyl (C=O) groups excluding carboxylic acids is 2. The number of benzene rings is 1. The highest BCUT2D eigenvalue weighted by molar-refractivity contribution is 6.30. The van der Waals surface area contributed by atoms with E-state index >= 15 is 0 Å². The lowest BCUT2D eigenvalue weighted by molar-refractivity contribution is -0.126. The number of nitrogens with zero attached hydrogens (tertiary/aromatic N) is 5. The van der Waals surface area contributed by atoms with Gasteiger partial charge in [0.25, 0.3) is 5.91 Å². The molecule has 0 atom stereocenters. The van der Waals surface area contributed by atoms with E-state index in [2.05, 4.69) is 31.0 Å². The Morgan fingerprint density at radius 2 is 1.79 bits per heavy atom. The fourth-order valence-electron chi connectivity index (χ4n) is 3.15. The molecule has 3 heterocycles. The Morgan fingerprint density at radius 3 is 2.54 bits per heavy atom. The van der Waals surface area contributed by atoms with Crippen LogP contribution in [0.2, 0.25) is 5.02 Å². The van der Waals surface area contributed by atoms with Gasteiger partial charge >= 0.3 is 0 Å². The number of halogens is 1. The second-order valence-electron chi connectivity index (χ2n) is 6.54. The molecule has 2 aromatic heterocycles. The topological polar surface area (TPSA) is 105 Å². The van der Waals surface area contributed by atoms with Crippen LogP contribution in [0.3, 0.4) is 0 Å². The van der Waals surface area contributed by atoms with Crippen molar-refractivity contribution in [1.29, 1.82) is 0 Å². The van der Waals surface area contributed by atoms with E-state index in [1.165, 1.54) is 0 Å². The number of piperidine rings is 1. The first kappa shape index (κ1) is 18.2. The SMILES string of the molecule is O=C(NNC(=O)C1CCN(c2ccc3nncn3n2)CC1)c1ccc(Cl)cc1. The maximum Gasteiger partial charge on any atom is 0.269 e. The normalized spacial score (nSPS) is 14.8. The largest absolute Gasteiger partial charge is 0.355 e. The Labute approximate surface area is 165 Å². The third-order valence-corrected chi connectivity index (χ3v) is 4.99. The molecule has 0 spiro atoms. The second kappa shape index (κ2) is 7.81. The van der Waals surface area contributed by atoms with Gasteiger partial charge in [0.05, 0.1) is 0 Å². The summed E-state index contributed by atoms with van der Waals surface area (Å²) in [6, 6.07) is 10.2. The molecule has 4 rings (SSSR count). The average Bonchev–Trinajstić information content (AvgIpc) is 3.20. The number of hydrogen-bond acceptors (Lipinski definition) is 6. The molecule has 1 aliphatic rings. The lowest BCUT2D eigenvalue weighted by Gasteiger charge is -2.31. The number of rotatable bonds is 3. The number of fused-ring (bicyclic) bond motifs is 1. The van der Waals surface area contributed by atoms with Crippen LogP contribution >= 0.6 is 11.6 Å². The van der Waals surface area contributed by atoms with E-state index in [0.717, 1.165) is 5.82 Å². The molecule has 2 amide bonds. The van der Waals surface area contributed by atoms with E-state index in [0.29, 0.717) is 42.2 Å². The predicted octanol–water partition coefficient (Wildman–Crippen LogP) is 1.46. The van der Waals surface area contributed by atoms with Crippen molar-refractivity contribution in [2.45, 2.75) is 12.8 Å². The van der Waals surface area contributed by atoms with Gasteiger partial charge in [0.15, 0.2) is 5.65 Å². The number of anilines is 1. The molecule has 1 saturated heterocycles. The summed E-state index contributed by atoms with van der Waals surface area (Å²) in [5.74, 6) is 0.0840. The zero-order valence-corrected chi connectivity index (χ0v) is 15.6. The summed E-state index contributed by atoms with van der Waals surface area (Å²) in [6.45, 7) is 1.40. The van der Waals surface area contributed by atoms with Crippen LogP contribution in [-0.4, -0.2) is 44.7 Å². The van der Waals surface area contributed by atoms with Gasteiger partial charge in [-0.25, -0.2) is 0 Å². The number of hydrazine groups is 1. The highest BCUT2D eigenvalue weighted by atomic mass is 35.5. The predicted molar refractivity (Wildman–Crippen MR) is 103 cm³/mol. The van der Waals surface area contributed by atoms with Crippen molar-refractivity contribution in [3.05, 3.63) is 53.3 Å².